The van der Waals surface area contributed by atoms with Crippen LogP contribution < -0.4 is 16.0 Å². The Bertz CT molecular complexity index is 674. The van der Waals surface area contributed by atoms with Crippen molar-refractivity contribution in [2.75, 3.05) is 6.54 Å². The van der Waals surface area contributed by atoms with E-state index in [1.807, 2.05) is 20.8 Å². The maximum absolute atomic E-state index is 12.7. The summed E-state index contributed by atoms with van der Waals surface area (Å²) in [5, 5.41) is 10.7. The zero-order chi connectivity index (χ0) is 20.7. The van der Waals surface area contributed by atoms with Gasteiger partial charge in [-0.2, -0.15) is 13.2 Å². The average Bonchev–Trinajstić information content (AvgIpc) is 3.09. The van der Waals surface area contributed by atoms with Crippen LogP contribution in [0.25, 0.3) is 0 Å². The highest BCUT2D eigenvalue weighted by Gasteiger charge is 2.33. The van der Waals surface area contributed by atoms with Crippen molar-refractivity contribution < 1.29 is 18.0 Å². The standard InChI is InChI=1S/C18H28F3N5OS/c1-4-22-17(23-9-15-26-14(10-28-15)18(19,20)21)25-13-7-5-6-12(8-13)16(27)24-11(2)3/h10-13H,4-9H2,1-3H3,(H,24,27)(H2,22,23,25). The monoisotopic (exact) mass is 419 g/mol. The van der Waals surface area contributed by atoms with Crippen molar-refractivity contribution in [1.82, 2.24) is 20.9 Å². The molecule has 1 aliphatic rings. The minimum atomic E-state index is -4.44. The normalized spacial score (nSPS) is 20.9. The fourth-order valence-electron chi connectivity index (χ4n) is 3.14. The maximum atomic E-state index is 12.7. The first-order valence-electron chi connectivity index (χ1n) is 9.55. The molecule has 1 saturated carbocycles. The molecule has 1 aromatic heterocycles. The van der Waals surface area contributed by atoms with Crippen LogP contribution in [0, 0.1) is 5.92 Å². The van der Waals surface area contributed by atoms with Crippen molar-refractivity contribution in [2.24, 2.45) is 10.9 Å². The van der Waals surface area contributed by atoms with Crippen molar-refractivity contribution in [3.8, 4) is 0 Å². The minimum Gasteiger partial charge on any atom is -0.357 e. The highest BCUT2D eigenvalue weighted by molar-refractivity contribution is 7.09. The van der Waals surface area contributed by atoms with Gasteiger partial charge in [-0.15, -0.1) is 11.3 Å². The number of nitrogens with one attached hydrogen (secondary N) is 3. The number of alkyl halides is 3. The summed E-state index contributed by atoms with van der Waals surface area (Å²) in [6.07, 6.45) is -1.00. The third-order valence-electron chi connectivity index (χ3n) is 4.38. The van der Waals surface area contributed by atoms with Crippen LogP contribution in [0.5, 0.6) is 0 Å². The Hall–Kier alpha value is -1.84. The molecule has 0 spiro atoms. The molecule has 2 unspecified atom stereocenters. The lowest BCUT2D eigenvalue weighted by Crippen LogP contribution is -2.47. The van der Waals surface area contributed by atoms with Gasteiger partial charge in [-0.25, -0.2) is 9.98 Å². The number of rotatable bonds is 6. The Balaban J connectivity index is 1.96. The summed E-state index contributed by atoms with van der Waals surface area (Å²) in [4.78, 5) is 20.2. The predicted octanol–water partition coefficient (Wildman–Crippen LogP) is 3.30. The molecule has 1 heterocycles. The second-order valence-electron chi connectivity index (χ2n) is 7.19. The van der Waals surface area contributed by atoms with Crippen LogP contribution in [-0.2, 0) is 17.5 Å². The van der Waals surface area contributed by atoms with E-state index < -0.39 is 11.9 Å². The van der Waals surface area contributed by atoms with E-state index in [4.69, 9.17) is 0 Å². The number of nitrogens with zero attached hydrogens (tertiary/aromatic N) is 2. The molecular weight excluding hydrogens is 391 g/mol. The molecule has 2 atom stereocenters. The first kappa shape index (κ1) is 22.4. The number of amides is 1. The summed E-state index contributed by atoms with van der Waals surface area (Å²) in [5.41, 5.74) is -0.882. The molecule has 1 aromatic rings. The number of carbonyl (C=O) groups excluding carboxylic acids is 1. The lowest BCUT2D eigenvalue weighted by Gasteiger charge is -2.30. The molecule has 0 saturated heterocycles. The van der Waals surface area contributed by atoms with Gasteiger partial charge in [0.05, 0.1) is 6.54 Å². The molecule has 0 aromatic carbocycles. The number of aliphatic imine (C=N–C) groups is 1. The van der Waals surface area contributed by atoms with Gasteiger partial charge in [-0.3, -0.25) is 4.79 Å². The largest absolute Gasteiger partial charge is 0.434 e. The van der Waals surface area contributed by atoms with E-state index in [-0.39, 0.29) is 30.5 Å². The predicted molar refractivity (Wildman–Crippen MR) is 104 cm³/mol. The Morgan fingerprint density at radius 3 is 2.75 bits per heavy atom. The highest BCUT2D eigenvalue weighted by atomic mass is 32.1. The Kier molecular flexibility index (Phi) is 8.09. The van der Waals surface area contributed by atoms with Crippen LogP contribution in [0.1, 0.15) is 57.2 Å². The summed E-state index contributed by atoms with van der Waals surface area (Å²) in [7, 11) is 0. The molecule has 2 rings (SSSR count). The average molecular weight is 420 g/mol. The van der Waals surface area contributed by atoms with Gasteiger partial charge in [0, 0.05) is 29.9 Å². The van der Waals surface area contributed by atoms with Crippen LogP contribution in [0.3, 0.4) is 0 Å². The van der Waals surface area contributed by atoms with Gasteiger partial charge in [0.15, 0.2) is 11.7 Å². The Labute approximate surface area is 167 Å². The summed E-state index contributed by atoms with van der Waals surface area (Å²) in [6.45, 7) is 6.49. The number of halogens is 3. The van der Waals surface area contributed by atoms with E-state index in [1.165, 1.54) is 0 Å². The van der Waals surface area contributed by atoms with E-state index in [1.54, 1.807) is 0 Å². The van der Waals surface area contributed by atoms with Crippen LogP contribution in [0.4, 0.5) is 13.2 Å². The van der Waals surface area contributed by atoms with Gasteiger partial charge in [-0.05, 0) is 40.0 Å². The third-order valence-corrected chi connectivity index (χ3v) is 5.21. The summed E-state index contributed by atoms with van der Waals surface area (Å²) >= 11 is 0.946. The fraction of sp³-hybridized carbons (Fsp3) is 0.722. The van der Waals surface area contributed by atoms with Gasteiger partial charge in [0.25, 0.3) is 0 Å². The quantitative estimate of drug-likeness (QED) is 0.488. The van der Waals surface area contributed by atoms with Crippen molar-refractivity contribution in [3.63, 3.8) is 0 Å². The van der Waals surface area contributed by atoms with Crippen molar-refractivity contribution in [2.45, 2.75) is 71.3 Å². The number of aromatic nitrogens is 1. The molecule has 6 nitrogen and oxygen atoms in total. The van der Waals surface area contributed by atoms with Crippen LogP contribution in [0.2, 0.25) is 0 Å². The molecule has 10 heteroatoms. The Morgan fingerprint density at radius 1 is 1.39 bits per heavy atom. The van der Waals surface area contributed by atoms with Gasteiger partial charge in [0.2, 0.25) is 5.91 Å². The van der Waals surface area contributed by atoms with E-state index in [0.29, 0.717) is 23.9 Å². The molecule has 28 heavy (non-hydrogen) atoms. The minimum absolute atomic E-state index is 0.0372. The smallest absolute Gasteiger partial charge is 0.357 e. The summed E-state index contributed by atoms with van der Waals surface area (Å²) in [6, 6.07) is 0.205. The highest BCUT2D eigenvalue weighted by Crippen LogP contribution is 2.30. The summed E-state index contributed by atoms with van der Waals surface area (Å²) < 4.78 is 38.0. The molecule has 1 fully saturated rings. The Morgan fingerprint density at radius 2 is 2.14 bits per heavy atom. The SMILES string of the molecule is CCNC(=NCc1nc(C(F)(F)F)cs1)NC1CCCC(C(=O)NC(C)C)C1. The van der Waals surface area contributed by atoms with E-state index in [2.05, 4.69) is 25.9 Å². The number of thiazole rings is 1. The zero-order valence-electron chi connectivity index (χ0n) is 16.4. The summed E-state index contributed by atoms with van der Waals surface area (Å²) in [5.74, 6) is 0.567. The number of carbonyl (C=O) groups is 1. The molecule has 1 aliphatic carbocycles. The van der Waals surface area contributed by atoms with Crippen LogP contribution in [-0.4, -0.2) is 35.5 Å². The molecule has 158 valence electrons. The van der Waals surface area contributed by atoms with E-state index in [9.17, 15) is 18.0 Å². The number of hydrogen-bond donors (Lipinski definition) is 3. The van der Waals surface area contributed by atoms with Gasteiger partial charge >= 0.3 is 6.18 Å². The molecule has 0 aliphatic heterocycles. The second kappa shape index (κ2) is 10.1. The van der Waals surface area contributed by atoms with Crippen molar-refractivity contribution in [1.29, 1.82) is 0 Å². The molecule has 0 bridgehead atoms. The van der Waals surface area contributed by atoms with Gasteiger partial charge in [-0.1, -0.05) is 6.42 Å². The number of guanidine groups is 1. The van der Waals surface area contributed by atoms with Crippen LogP contribution in [0.15, 0.2) is 10.4 Å². The topological polar surface area (TPSA) is 78.4 Å². The van der Waals surface area contributed by atoms with E-state index >= 15 is 0 Å². The van der Waals surface area contributed by atoms with Crippen molar-refractivity contribution in [3.05, 3.63) is 16.1 Å². The van der Waals surface area contributed by atoms with Gasteiger partial charge < -0.3 is 16.0 Å². The third kappa shape index (κ3) is 6.96. The van der Waals surface area contributed by atoms with Crippen LogP contribution >= 0.6 is 11.3 Å². The molecular formula is C18H28F3N5OS. The zero-order valence-corrected chi connectivity index (χ0v) is 17.2. The van der Waals surface area contributed by atoms with Crippen molar-refractivity contribution >= 4 is 23.2 Å². The first-order chi connectivity index (χ1) is 13.2. The first-order valence-corrected chi connectivity index (χ1v) is 10.4. The molecule has 3 N–H and O–H groups in total. The molecule has 1 amide bonds. The van der Waals surface area contributed by atoms with Gasteiger partial charge in [0.1, 0.15) is 5.01 Å². The second-order valence-corrected chi connectivity index (χ2v) is 8.13. The fourth-order valence-corrected chi connectivity index (χ4v) is 3.86. The van der Waals surface area contributed by atoms with E-state index in [0.717, 1.165) is 36.0 Å². The number of hydrogen-bond acceptors (Lipinski definition) is 4. The maximum Gasteiger partial charge on any atom is 0.434 e. The molecule has 0 radical (unpaired) electrons. The lowest BCUT2D eigenvalue weighted by atomic mass is 9.85. The lowest BCUT2D eigenvalue weighted by molar-refractivity contribution is -0.140.